The first-order valence-electron chi connectivity index (χ1n) is 7.72. The van der Waals surface area contributed by atoms with E-state index in [0.29, 0.717) is 0 Å². The molecule has 0 aliphatic heterocycles. The number of amides is 1. The zero-order valence-corrected chi connectivity index (χ0v) is 12.6. The number of benzene rings is 1. The zero-order chi connectivity index (χ0) is 14.5. The quantitative estimate of drug-likeness (QED) is 0.886. The fraction of sp³-hybridized carbons (Fsp3) is 0.588. The molecule has 1 aliphatic rings. The van der Waals surface area contributed by atoms with E-state index in [4.69, 9.17) is 5.73 Å². The molecule has 0 saturated heterocycles. The predicted molar refractivity (Wildman–Crippen MR) is 82.3 cm³/mol. The molecular weight excluding hydrogens is 248 g/mol. The van der Waals surface area contributed by atoms with Crippen molar-refractivity contribution in [1.82, 2.24) is 5.32 Å². The van der Waals surface area contributed by atoms with Crippen LogP contribution in [0.5, 0.6) is 0 Å². The molecule has 3 nitrogen and oxygen atoms in total. The molecule has 1 aliphatic carbocycles. The van der Waals surface area contributed by atoms with E-state index in [9.17, 15) is 4.79 Å². The van der Waals surface area contributed by atoms with Gasteiger partial charge in [-0.15, -0.1) is 0 Å². The van der Waals surface area contributed by atoms with Gasteiger partial charge < -0.3 is 11.1 Å². The Hall–Kier alpha value is -1.35. The van der Waals surface area contributed by atoms with Crippen LogP contribution in [0.2, 0.25) is 0 Å². The van der Waals surface area contributed by atoms with Gasteiger partial charge in [0.1, 0.15) is 0 Å². The highest BCUT2D eigenvalue weighted by atomic mass is 16.1. The highest BCUT2D eigenvalue weighted by molar-refractivity contribution is 5.79. The average molecular weight is 274 g/mol. The molecule has 1 saturated carbocycles. The van der Waals surface area contributed by atoms with Gasteiger partial charge in [0.15, 0.2) is 0 Å². The Bertz CT molecular complexity index is 441. The molecule has 0 heterocycles. The number of nitrogens with one attached hydrogen (secondary N) is 1. The highest BCUT2D eigenvalue weighted by Gasteiger charge is 2.26. The van der Waals surface area contributed by atoms with Crippen LogP contribution in [0.3, 0.4) is 0 Å². The van der Waals surface area contributed by atoms with Crippen LogP contribution in [0.1, 0.15) is 56.2 Å². The third-order valence-electron chi connectivity index (χ3n) is 4.29. The molecule has 3 atom stereocenters. The Labute approximate surface area is 121 Å². The number of hydrogen-bond donors (Lipinski definition) is 2. The van der Waals surface area contributed by atoms with E-state index in [1.807, 2.05) is 0 Å². The Balaban J connectivity index is 1.98. The fourth-order valence-corrected chi connectivity index (χ4v) is 2.98. The van der Waals surface area contributed by atoms with Gasteiger partial charge in [-0.05, 0) is 38.2 Å². The average Bonchev–Trinajstić information content (AvgIpc) is 2.45. The van der Waals surface area contributed by atoms with Crippen molar-refractivity contribution in [2.75, 3.05) is 0 Å². The maximum absolute atomic E-state index is 12.4. The molecule has 20 heavy (non-hydrogen) atoms. The maximum Gasteiger partial charge on any atom is 0.223 e. The van der Waals surface area contributed by atoms with E-state index in [1.165, 1.54) is 11.1 Å². The molecule has 1 fully saturated rings. The summed E-state index contributed by atoms with van der Waals surface area (Å²) in [6.07, 6.45) is 4.84. The summed E-state index contributed by atoms with van der Waals surface area (Å²) >= 11 is 0. The van der Waals surface area contributed by atoms with E-state index in [1.54, 1.807) is 0 Å². The van der Waals surface area contributed by atoms with Crippen molar-refractivity contribution in [1.29, 1.82) is 0 Å². The Morgan fingerprint density at radius 2 is 2.05 bits per heavy atom. The summed E-state index contributed by atoms with van der Waals surface area (Å²) < 4.78 is 0. The standard InChI is InChI=1S/C17H26N2O/c1-3-16(13-9-7-12(2)8-10-13)19-17(20)14-5-4-6-15(18)11-14/h7-10,14-16H,3-6,11,18H2,1-2H3,(H,19,20). The summed E-state index contributed by atoms with van der Waals surface area (Å²) in [6, 6.07) is 8.72. The third-order valence-corrected chi connectivity index (χ3v) is 4.29. The van der Waals surface area contributed by atoms with E-state index in [0.717, 1.165) is 32.1 Å². The Morgan fingerprint density at radius 3 is 2.65 bits per heavy atom. The second-order valence-electron chi connectivity index (χ2n) is 6.00. The second-order valence-corrected chi connectivity index (χ2v) is 6.00. The Kier molecular flexibility index (Phi) is 5.18. The van der Waals surface area contributed by atoms with Crippen molar-refractivity contribution in [2.24, 2.45) is 11.7 Å². The van der Waals surface area contributed by atoms with Crippen LogP contribution in [0.25, 0.3) is 0 Å². The number of rotatable bonds is 4. The van der Waals surface area contributed by atoms with Crippen LogP contribution in [0, 0.1) is 12.8 Å². The van der Waals surface area contributed by atoms with Gasteiger partial charge in [0, 0.05) is 12.0 Å². The number of carbonyl (C=O) groups excluding carboxylic acids is 1. The lowest BCUT2D eigenvalue weighted by molar-refractivity contribution is -0.126. The summed E-state index contributed by atoms with van der Waals surface area (Å²) in [4.78, 5) is 12.4. The first-order valence-corrected chi connectivity index (χ1v) is 7.72. The molecule has 3 N–H and O–H groups in total. The first kappa shape index (κ1) is 15.0. The van der Waals surface area contributed by atoms with Crippen molar-refractivity contribution in [2.45, 2.75) is 58.0 Å². The van der Waals surface area contributed by atoms with Crippen molar-refractivity contribution >= 4 is 5.91 Å². The van der Waals surface area contributed by atoms with Crippen LogP contribution in [0.15, 0.2) is 24.3 Å². The van der Waals surface area contributed by atoms with Crippen molar-refractivity contribution in [3.05, 3.63) is 35.4 Å². The van der Waals surface area contributed by atoms with Gasteiger partial charge in [-0.2, -0.15) is 0 Å². The van der Waals surface area contributed by atoms with Crippen LogP contribution in [-0.4, -0.2) is 11.9 Å². The van der Waals surface area contributed by atoms with Crippen molar-refractivity contribution in [3.63, 3.8) is 0 Å². The van der Waals surface area contributed by atoms with Crippen LogP contribution >= 0.6 is 0 Å². The lowest BCUT2D eigenvalue weighted by Crippen LogP contribution is -2.39. The molecular formula is C17H26N2O. The number of nitrogens with two attached hydrogens (primary N) is 1. The minimum absolute atomic E-state index is 0.0956. The second kappa shape index (κ2) is 6.89. The summed E-state index contributed by atoms with van der Waals surface area (Å²) in [7, 11) is 0. The molecule has 0 bridgehead atoms. The minimum Gasteiger partial charge on any atom is -0.349 e. The smallest absolute Gasteiger partial charge is 0.223 e. The summed E-state index contributed by atoms with van der Waals surface area (Å²) in [5, 5.41) is 3.20. The summed E-state index contributed by atoms with van der Waals surface area (Å²) in [6.45, 7) is 4.18. The van der Waals surface area contributed by atoms with E-state index in [-0.39, 0.29) is 23.9 Å². The van der Waals surface area contributed by atoms with Gasteiger partial charge >= 0.3 is 0 Å². The third kappa shape index (κ3) is 3.83. The van der Waals surface area contributed by atoms with Gasteiger partial charge in [0.2, 0.25) is 5.91 Å². The Morgan fingerprint density at radius 1 is 1.35 bits per heavy atom. The molecule has 2 rings (SSSR count). The molecule has 1 aromatic rings. The lowest BCUT2D eigenvalue weighted by Gasteiger charge is -2.28. The molecule has 0 radical (unpaired) electrons. The van der Waals surface area contributed by atoms with Crippen LogP contribution in [-0.2, 0) is 4.79 Å². The maximum atomic E-state index is 12.4. The first-order chi connectivity index (χ1) is 9.60. The molecule has 110 valence electrons. The fourth-order valence-electron chi connectivity index (χ4n) is 2.98. The molecule has 1 aromatic carbocycles. The van der Waals surface area contributed by atoms with Crippen LogP contribution in [0.4, 0.5) is 0 Å². The lowest BCUT2D eigenvalue weighted by atomic mass is 9.85. The van der Waals surface area contributed by atoms with E-state index < -0.39 is 0 Å². The topological polar surface area (TPSA) is 55.1 Å². The highest BCUT2D eigenvalue weighted by Crippen LogP contribution is 2.25. The number of hydrogen-bond acceptors (Lipinski definition) is 2. The van der Waals surface area contributed by atoms with Gasteiger partial charge in [0.05, 0.1) is 6.04 Å². The number of carbonyl (C=O) groups is 1. The van der Waals surface area contributed by atoms with Gasteiger partial charge in [-0.3, -0.25) is 4.79 Å². The van der Waals surface area contributed by atoms with E-state index in [2.05, 4.69) is 43.4 Å². The molecule has 0 spiro atoms. The monoisotopic (exact) mass is 274 g/mol. The van der Waals surface area contributed by atoms with Crippen LogP contribution < -0.4 is 11.1 Å². The zero-order valence-electron chi connectivity index (χ0n) is 12.6. The van der Waals surface area contributed by atoms with Gasteiger partial charge in [-0.25, -0.2) is 0 Å². The normalized spacial score (nSPS) is 24.1. The van der Waals surface area contributed by atoms with Crippen molar-refractivity contribution in [3.8, 4) is 0 Å². The SMILES string of the molecule is CCC(NC(=O)C1CCCC(N)C1)c1ccc(C)cc1. The largest absolute Gasteiger partial charge is 0.349 e. The van der Waals surface area contributed by atoms with E-state index >= 15 is 0 Å². The summed E-state index contributed by atoms with van der Waals surface area (Å²) in [5.74, 6) is 0.269. The van der Waals surface area contributed by atoms with Gasteiger partial charge in [-0.1, -0.05) is 43.2 Å². The molecule has 3 heteroatoms. The van der Waals surface area contributed by atoms with Crippen molar-refractivity contribution < 1.29 is 4.79 Å². The van der Waals surface area contributed by atoms with Gasteiger partial charge in [0.25, 0.3) is 0 Å². The molecule has 1 amide bonds. The molecule has 3 unspecified atom stereocenters. The summed E-state index contributed by atoms with van der Waals surface area (Å²) in [5.41, 5.74) is 8.40. The predicted octanol–water partition coefficient (Wildman–Crippen LogP) is 3.08. The number of aryl methyl sites for hydroxylation is 1. The minimum atomic E-state index is 0.0956. The molecule has 0 aromatic heterocycles.